The molecule has 3 aliphatic carbocycles. The van der Waals surface area contributed by atoms with Crippen LogP contribution in [0.2, 0.25) is 0 Å². The van der Waals surface area contributed by atoms with Crippen LogP contribution in [0.4, 0.5) is 13.2 Å². The molecule has 3 saturated carbocycles. The smallest absolute Gasteiger partial charge is 0.253 e. The average Bonchev–Trinajstić information content (AvgIpc) is 3.31. The minimum atomic E-state index is -1.03. The Kier molecular flexibility index (Phi) is 5.44. The van der Waals surface area contributed by atoms with Crippen LogP contribution < -0.4 is 16.2 Å². The molecule has 3 fully saturated rings. The Morgan fingerprint density at radius 1 is 1.12 bits per heavy atom. The molecule has 2 aromatic heterocycles. The summed E-state index contributed by atoms with van der Waals surface area (Å²) >= 11 is 0. The van der Waals surface area contributed by atoms with Crippen molar-refractivity contribution in [3.63, 3.8) is 0 Å². The standard InChI is InChI=1S/C24H23F3N4O2/c1-11(21-18(27)9-16(26)10-28-21)29-24(33)22(30-20-6-12-4-13(20)5-12)17-8-14-7-15(25)2-3-19(14)31-23(17)32/h2-3,7-13,20,22,30H,4-6H2,1H3,(H,29,33)(H,31,32)/t11-,12?,13?,20?,22+/m1/s1. The van der Waals surface area contributed by atoms with Crippen molar-refractivity contribution >= 4 is 16.8 Å². The molecule has 3 N–H and O–H groups in total. The van der Waals surface area contributed by atoms with Crippen LogP contribution in [0.25, 0.3) is 10.9 Å². The van der Waals surface area contributed by atoms with Crippen molar-refractivity contribution in [2.75, 3.05) is 0 Å². The average molecular weight is 456 g/mol. The minimum Gasteiger partial charge on any atom is -0.346 e. The van der Waals surface area contributed by atoms with Crippen molar-refractivity contribution in [1.29, 1.82) is 0 Å². The maximum atomic E-state index is 14.2. The van der Waals surface area contributed by atoms with E-state index in [4.69, 9.17) is 0 Å². The number of halogens is 3. The zero-order valence-electron chi connectivity index (χ0n) is 17.9. The molecule has 3 aromatic rings. The summed E-state index contributed by atoms with van der Waals surface area (Å²) in [5.41, 5.74) is 0.0276. The Bertz CT molecular complexity index is 1290. The summed E-state index contributed by atoms with van der Waals surface area (Å²) in [6.07, 6.45) is 3.97. The highest BCUT2D eigenvalue weighted by molar-refractivity contribution is 5.86. The number of H-pyrrole nitrogens is 1. The van der Waals surface area contributed by atoms with Gasteiger partial charge in [0, 0.05) is 28.6 Å². The number of nitrogens with zero attached hydrogens (tertiary/aromatic N) is 1. The van der Waals surface area contributed by atoms with Crippen molar-refractivity contribution in [3.05, 3.63) is 75.6 Å². The molecule has 0 saturated heterocycles. The molecule has 6 nitrogen and oxygen atoms in total. The topological polar surface area (TPSA) is 86.9 Å². The molecule has 0 radical (unpaired) electrons. The van der Waals surface area contributed by atoms with E-state index >= 15 is 0 Å². The fourth-order valence-corrected chi connectivity index (χ4v) is 5.10. The number of aromatic amines is 1. The van der Waals surface area contributed by atoms with E-state index in [2.05, 4.69) is 20.6 Å². The molecular formula is C24H23F3N4O2. The van der Waals surface area contributed by atoms with Gasteiger partial charge >= 0.3 is 0 Å². The highest BCUT2D eigenvalue weighted by atomic mass is 19.1. The third-order valence-corrected chi connectivity index (χ3v) is 6.82. The van der Waals surface area contributed by atoms with Gasteiger partial charge in [0.25, 0.3) is 5.56 Å². The van der Waals surface area contributed by atoms with Gasteiger partial charge in [0.1, 0.15) is 23.5 Å². The first-order valence-electron chi connectivity index (χ1n) is 11.0. The summed E-state index contributed by atoms with van der Waals surface area (Å²) in [4.78, 5) is 32.7. The summed E-state index contributed by atoms with van der Waals surface area (Å²) in [6.45, 7) is 1.53. The predicted octanol–water partition coefficient (Wildman–Crippen LogP) is 3.65. The fourth-order valence-electron chi connectivity index (χ4n) is 5.10. The Morgan fingerprint density at radius 3 is 2.61 bits per heavy atom. The highest BCUT2D eigenvalue weighted by Crippen LogP contribution is 2.49. The maximum absolute atomic E-state index is 14.2. The van der Waals surface area contributed by atoms with Crippen molar-refractivity contribution < 1.29 is 18.0 Å². The largest absolute Gasteiger partial charge is 0.346 e. The first kappa shape index (κ1) is 21.6. The zero-order chi connectivity index (χ0) is 23.3. The third-order valence-electron chi connectivity index (χ3n) is 6.82. The van der Waals surface area contributed by atoms with E-state index in [9.17, 15) is 22.8 Å². The summed E-state index contributed by atoms with van der Waals surface area (Å²) in [6, 6.07) is 4.39. The third kappa shape index (κ3) is 4.13. The summed E-state index contributed by atoms with van der Waals surface area (Å²) in [5, 5.41) is 6.47. The number of carbonyl (C=O) groups excluding carboxylic acids is 1. The zero-order valence-corrected chi connectivity index (χ0v) is 17.9. The number of benzene rings is 1. The molecule has 2 bridgehead atoms. The summed E-state index contributed by atoms with van der Waals surface area (Å²) < 4.78 is 41.2. The monoisotopic (exact) mass is 456 g/mol. The van der Waals surface area contributed by atoms with Gasteiger partial charge in [-0.05, 0) is 62.3 Å². The lowest BCUT2D eigenvalue weighted by molar-refractivity contribution is -0.124. The van der Waals surface area contributed by atoms with Gasteiger partial charge in [-0.15, -0.1) is 0 Å². The van der Waals surface area contributed by atoms with Gasteiger partial charge in [0.05, 0.1) is 17.9 Å². The predicted molar refractivity (Wildman–Crippen MR) is 116 cm³/mol. The van der Waals surface area contributed by atoms with E-state index in [0.717, 1.165) is 25.5 Å². The Labute approximate surface area is 187 Å². The highest BCUT2D eigenvalue weighted by Gasteiger charge is 2.45. The Hall–Kier alpha value is -3.20. The van der Waals surface area contributed by atoms with Gasteiger partial charge in [-0.3, -0.25) is 19.9 Å². The van der Waals surface area contributed by atoms with Crippen LogP contribution in [-0.2, 0) is 4.79 Å². The fraction of sp³-hybridized carbons (Fsp3) is 0.375. The van der Waals surface area contributed by atoms with Gasteiger partial charge in [-0.1, -0.05) is 0 Å². The molecule has 1 unspecified atom stereocenters. The SMILES string of the molecule is C[C@@H](NC(=O)[C@@H](NC1CC2CC1C2)c1cc2cc(F)ccc2[nH]c1=O)c1ncc(F)cc1F. The van der Waals surface area contributed by atoms with E-state index in [1.807, 2.05) is 0 Å². The van der Waals surface area contributed by atoms with Crippen LogP contribution in [-0.4, -0.2) is 21.9 Å². The van der Waals surface area contributed by atoms with Crippen LogP contribution in [0.3, 0.4) is 0 Å². The molecule has 1 amide bonds. The second-order valence-electron chi connectivity index (χ2n) is 9.08. The van der Waals surface area contributed by atoms with Gasteiger partial charge in [-0.25, -0.2) is 13.2 Å². The number of pyridine rings is 2. The van der Waals surface area contributed by atoms with E-state index in [0.29, 0.717) is 28.8 Å². The number of amides is 1. The molecule has 3 atom stereocenters. The van der Waals surface area contributed by atoms with Crippen LogP contribution in [0.1, 0.15) is 49.5 Å². The minimum absolute atomic E-state index is 0.0735. The molecule has 6 rings (SSSR count). The lowest BCUT2D eigenvalue weighted by Gasteiger charge is -2.28. The van der Waals surface area contributed by atoms with E-state index in [1.54, 1.807) is 0 Å². The van der Waals surface area contributed by atoms with Gasteiger partial charge in [-0.2, -0.15) is 0 Å². The number of hydrogen-bond acceptors (Lipinski definition) is 4. The number of rotatable bonds is 6. The van der Waals surface area contributed by atoms with Crippen molar-refractivity contribution in [3.8, 4) is 0 Å². The van der Waals surface area contributed by atoms with E-state index in [-0.39, 0.29) is 17.3 Å². The lowest BCUT2D eigenvalue weighted by atomic mass is 9.84. The first-order valence-corrected chi connectivity index (χ1v) is 11.0. The normalized spacial score (nSPS) is 23.2. The maximum Gasteiger partial charge on any atom is 0.253 e. The molecule has 3 aliphatic rings. The van der Waals surface area contributed by atoms with Crippen molar-refractivity contribution in [2.24, 2.45) is 11.8 Å². The van der Waals surface area contributed by atoms with Crippen LogP contribution in [0.5, 0.6) is 0 Å². The molecule has 2 heterocycles. The van der Waals surface area contributed by atoms with Crippen LogP contribution >= 0.6 is 0 Å². The second kappa shape index (κ2) is 8.30. The number of nitrogens with one attached hydrogen (secondary N) is 3. The quantitative estimate of drug-likeness (QED) is 0.529. The van der Waals surface area contributed by atoms with Crippen molar-refractivity contribution in [2.45, 2.75) is 44.3 Å². The van der Waals surface area contributed by atoms with Crippen molar-refractivity contribution in [1.82, 2.24) is 20.6 Å². The van der Waals surface area contributed by atoms with Crippen LogP contribution in [0.15, 0.2) is 41.3 Å². The number of aromatic nitrogens is 2. The van der Waals surface area contributed by atoms with Gasteiger partial charge in [0.15, 0.2) is 0 Å². The first-order chi connectivity index (χ1) is 15.8. The Balaban J connectivity index is 1.47. The van der Waals surface area contributed by atoms with Gasteiger partial charge < -0.3 is 10.3 Å². The molecule has 1 aromatic carbocycles. The molecule has 172 valence electrons. The summed E-state index contributed by atoms with van der Waals surface area (Å²) in [7, 11) is 0. The number of fused-ring (bicyclic) bond motifs is 2. The lowest BCUT2D eigenvalue weighted by Crippen LogP contribution is -2.45. The number of hydrogen-bond donors (Lipinski definition) is 3. The molecular weight excluding hydrogens is 433 g/mol. The molecule has 0 aliphatic heterocycles. The van der Waals surface area contributed by atoms with Crippen LogP contribution in [0, 0.1) is 29.3 Å². The molecule has 0 spiro atoms. The van der Waals surface area contributed by atoms with Gasteiger partial charge in [0.2, 0.25) is 5.91 Å². The second-order valence-corrected chi connectivity index (χ2v) is 9.08. The number of carbonyl (C=O) groups is 1. The van der Waals surface area contributed by atoms with E-state index in [1.165, 1.54) is 31.2 Å². The summed E-state index contributed by atoms with van der Waals surface area (Å²) in [5.74, 6) is -1.63. The van der Waals surface area contributed by atoms with E-state index < -0.39 is 41.0 Å². The Morgan fingerprint density at radius 2 is 1.91 bits per heavy atom. The molecule has 9 heteroatoms. The molecule has 33 heavy (non-hydrogen) atoms.